The van der Waals surface area contributed by atoms with Crippen molar-refractivity contribution in [3.8, 4) is 0 Å². The first kappa shape index (κ1) is 15.8. The molecule has 0 atom stereocenters. The fourth-order valence-corrected chi connectivity index (χ4v) is 5.34. The molecule has 0 amide bonds. The molecule has 0 aliphatic carbocycles. The van der Waals surface area contributed by atoms with E-state index in [-0.39, 0.29) is 10.9 Å². The first-order valence-corrected chi connectivity index (χ1v) is 10.1. The van der Waals surface area contributed by atoms with Crippen molar-refractivity contribution in [3.63, 3.8) is 0 Å². The van der Waals surface area contributed by atoms with E-state index < -0.39 is 0 Å². The molecule has 0 saturated carbocycles. The summed E-state index contributed by atoms with van der Waals surface area (Å²) in [6.45, 7) is 0. The normalized spacial score (nSPS) is 12.3. The molecule has 2 nitrogen and oxygen atoms in total. The molecule has 0 aliphatic rings. The second-order valence-corrected chi connectivity index (χ2v) is 7.96. The first-order chi connectivity index (χ1) is 14.8. The highest BCUT2D eigenvalue weighted by molar-refractivity contribution is 6.38. The van der Waals surface area contributed by atoms with Crippen LogP contribution in [0.3, 0.4) is 0 Å². The Morgan fingerprint density at radius 3 is 1.20 bits per heavy atom. The molecule has 0 saturated heterocycles. The predicted molar refractivity (Wildman–Crippen MR) is 126 cm³/mol. The summed E-state index contributed by atoms with van der Waals surface area (Å²) in [5, 5.41) is 10.7. The number of fused-ring (bicyclic) bond motifs is 12. The molecule has 0 aromatic heterocycles. The molecule has 0 N–H and O–H groups in total. The van der Waals surface area contributed by atoms with E-state index in [1.807, 2.05) is 78.9 Å². The van der Waals surface area contributed by atoms with Crippen LogP contribution >= 0.6 is 0 Å². The maximum atomic E-state index is 13.5. The standard InChI is InChI=1S/C28H14O2/c29-27-20-11-5-1-7-15(20)19-13-14-22-23(26(19)27)16-8-2-3-9-17(16)25-24(22)18-10-4-6-12-21(18)28(25)30/h1-14H. The lowest BCUT2D eigenvalue weighted by atomic mass is 9.93. The monoisotopic (exact) mass is 382 g/mol. The second kappa shape index (κ2) is 5.31. The average molecular weight is 382 g/mol. The van der Waals surface area contributed by atoms with Gasteiger partial charge < -0.3 is 0 Å². The van der Waals surface area contributed by atoms with Gasteiger partial charge in [-0.15, -0.1) is 0 Å². The van der Waals surface area contributed by atoms with Gasteiger partial charge in [-0.25, -0.2) is 0 Å². The van der Waals surface area contributed by atoms with Crippen LogP contribution in [0.25, 0.3) is 64.6 Å². The molecule has 7 aromatic carbocycles. The van der Waals surface area contributed by atoms with Gasteiger partial charge in [-0.3, -0.25) is 9.59 Å². The highest BCUT2D eigenvalue weighted by Crippen LogP contribution is 2.41. The largest absolute Gasteiger partial charge is 0.289 e. The van der Waals surface area contributed by atoms with E-state index in [0.29, 0.717) is 0 Å². The maximum Gasteiger partial charge on any atom is 0.194 e. The summed E-state index contributed by atoms with van der Waals surface area (Å²) in [5.41, 5.74) is 0.128. The van der Waals surface area contributed by atoms with E-state index in [1.54, 1.807) is 0 Å². The molecular weight excluding hydrogens is 368 g/mol. The second-order valence-electron chi connectivity index (χ2n) is 7.96. The quantitative estimate of drug-likeness (QED) is 0.293. The van der Waals surface area contributed by atoms with E-state index in [1.165, 1.54) is 0 Å². The van der Waals surface area contributed by atoms with Gasteiger partial charge in [0.1, 0.15) is 0 Å². The average Bonchev–Trinajstić information content (AvgIpc) is 3.27. The summed E-state index contributed by atoms with van der Waals surface area (Å²) in [5.74, 6) is 0. The van der Waals surface area contributed by atoms with E-state index in [2.05, 4.69) is 6.07 Å². The summed E-state index contributed by atoms with van der Waals surface area (Å²) in [6.07, 6.45) is 0. The number of hydrogen-bond donors (Lipinski definition) is 0. The Balaban J connectivity index is 1.95. The van der Waals surface area contributed by atoms with Gasteiger partial charge in [-0.2, -0.15) is 0 Å². The molecule has 0 unspecified atom stereocenters. The van der Waals surface area contributed by atoms with E-state index in [0.717, 1.165) is 64.6 Å². The zero-order valence-electron chi connectivity index (χ0n) is 15.9. The Morgan fingerprint density at radius 1 is 0.300 bits per heavy atom. The van der Waals surface area contributed by atoms with Gasteiger partial charge in [-0.1, -0.05) is 84.9 Å². The molecule has 2 heteroatoms. The maximum absolute atomic E-state index is 13.5. The minimum absolute atomic E-state index is 0.0637. The molecule has 30 heavy (non-hydrogen) atoms. The number of rotatable bonds is 0. The van der Waals surface area contributed by atoms with Crippen molar-refractivity contribution in [1.82, 2.24) is 0 Å². The molecule has 0 bridgehead atoms. The van der Waals surface area contributed by atoms with E-state index in [4.69, 9.17) is 0 Å². The van der Waals surface area contributed by atoms with Crippen LogP contribution in [-0.2, 0) is 0 Å². The molecule has 7 aromatic rings. The van der Waals surface area contributed by atoms with Gasteiger partial charge in [0, 0.05) is 32.3 Å². The third-order valence-electron chi connectivity index (χ3n) is 6.55. The minimum Gasteiger partial charge on any atom is -0.289 e. The highest BCUT2D eigenvalue weighted by atomic mass is 16.1. The smallest absolute Gasteiger partial charge is 0.194 e. The van der Waals surface area contributed by atoms with Crippen LogP contribution in [0.4, 0.5) is 0 Å². The van der Waals surface area contributed by atoms with Crippen LogP contribution in [0.15, 0.2) is 94.5 Å². The summed E-state index contributed by atoms with van der Waals surface area (Å²) in [7, 11) is 0. The molecule has 0 radical (unpaired) electrons. The van der Waals surface area contributed by atoms with Crippen LogP contribution < -0.4 is 10.9 Å². The summed E-state index contributed by atoms with van der Waals surface area (Å²) in [4.78, 5) is 26.8. The topological polar surface area (TPSA) is 34.1 Å². The lowest BCUT2D eigenvalue weighted by Crippen LogP contribution is -1.97. The van der Waals surface area contributed by atoms with Gasteiger partial charge in [-0.05, 0) is 32.3 Å². The SMILES string of the molecule is O=c1c2ccccc2c2c3ccc4c5ccccc5c(=O)c4c3c3ccccc3c12. The van der Waals surface area contributed by atoms with Crippen LogP contribution in [0, 0.1) is 0 Å². The Bertz CT molecular complexity index is 1930. The van der Waals surface area contributed by atoms with Crippen LogP contribution in [-0.4, -0.2) is 0 Å². The van der Waals surface area contributed by atoms with Crippen molar-refractivity contribution in [2.45, 2.75) is 0 Å². The van der Waals surface area contributed by atoms with Crippen LogP contribution in [0.5, 0.6) is 0 Å². The van der Waals surface area contributed by atoms with Crippen LogP contribution in [0.1, 0.15) is 0 Å². The lowest BCUT2D eigenvalue weighted by molar-refractivity contribution is 1.80. The van der Waals surface area contributed by atoms with Crippen molar-refractivity contribution in [2.24, 2.45) is 0 Å². The Hall–Kier alpha value is -4.04. The Kier molecular flexibility index (Phi) is 2.80. The van der Waals surface area contributed by atoms with Crippen molar-refractivity contribution in [2.75, 3.05) is 0 Å². The van der Waals surface area contributed by atoms with Crippen LogP contribution in [0.2, 0.25) is 0 Å². The Morgan fingerprint density at radius 2 is 0.633 bits per heavy atom. The molecule has 0 aliphatic heterocycles. The van der Waals surface area contributed by atoms with E-state index in [9.17, 15) is 9.59 Å². The third-order valence-corrected chi connectivity index (χ3v) is 6.55. The third kappa shape index (κ3) is 1.71. The summed E-state index contributed by atoms with van der Waals surface area (Å²) < 4.78 is 0. The number of benzene rings is 5. The van der Waals surface area contributed by atoms with Crippen molar-refractivity contribution in [1.29, 1.82) is 0 Å². The highest BCUT2D eigenvalue weighted by Gasteiger charge is 2.20. The van der Waals surface area contributed by atoms with E-state index >= 15 is 0 Å². The number of hydrogen-bond acceptors (Lipinski definition) is 2. The fourth-order valence-electron chi connectivity index (χ4n) is 5.34. The minimum atomic E-state index is 0.0637. The lowest BCUT2D eigenvalue weighted by Gasteiger charge is -2.09. The van der Waals surface area contributed by atoms with Gasteiger partial charge >= 0.3 is 0 Å². The fraction of sp³-hybridized carbons (Fsp3) is 0. The molecule has 7 rings (SSSR count). The molecular formula is C28H14O2. The zero-order valence-corrected chi connectivity index (χ0v) is 15.9. The molecule has 0 spiro atoms. The van der Waals surface area contributed by atoms with Crippen molar-refractivity contribution in [3.05, 3.63) is 105 Å². The Labute approximate surface area is 170 Å². The first-order valence-electron chi connectivity index (χ1n) is 10.1. The van der Waals surface area contributed by atoms with Gasteiger partial charge in [0.15, 0.2) is 10.9 Å². The van der Waals surface area contributed by atoms with Crippen molar-refractivity contribution >= 4 is 64.6 Å². The molecule has 0 fully saturated rings. The summed E-state index contributed by atoms with van der Waals surface area (Å²) in [6, 6.07) is 27.7. The molecule has 0 heterocycles. The van der Waals surface area contributed by atoms with Gasteiger partial charge in [0.2, 0.25) is 0 Å². The van der Waals surface area contributed by atoms with Gasteiger partial charge in [0.05, 0.1) is 0 Å². The van der Waals surface area contributed by atoms with Gasteiger partial charge in [0.25, 0.3) is 0 Å². The van der Waals surface area contributed by atoms with Crippen molar-refractivity contribution < 1.29 is 0 Å². The predicted octanol–water partition coefficient (Wildman–Crippen LogP) is 6.20. The zero-order chi connectivity index (χ0) is 20.0. The summed E-state index contributed by atoms with van der Waals surface area (Å²) >= 11 is 0. The molecule has 138 valence electrons.